The molecule has 46 heavy (non-hydrogen) atoms. The molecule has 20 heteroatoms. The maximum absolute atomic E-state index is 14.1. The average molecular weight is 696 g/mol. The van der Waals surface area contributed by atoms with Crippen molar-refractivity contribution in [1.82, 2.24) is 34.0 Å². The van der Waals surface area contributed by atoms with E-state index in [1.165, 1.54) is 29.2 Å². The van der Waals surface area contributed by atoms with Gasteiger partial charge in [-0.15, -0.1) is 10.2 Å². The van der Waals surface area contributed by atoms with Gasteiger partial charge in [0, 0.05) is 23.7 Å². The zero-order valence-electron chi connectivity index (χ0n) is 23.3. The minimum atomic E-state index is -5.06. The van der Waals surface area contributed by atoms with Crippen LogP contribution in [0.15, 0.2) is 53.6 Å². The SMILES string of the molecule is O=C(c1cccc(C(F)(F)F)c1-n1cnc(Cn2nc(-c3ccc(Cl)cc3)n(C[C@H](O)C(F)(F)F)c2=O)n1)N1CCS(O)(O)CC1. The standard InChI is InChI=1S/C26H24ClF6N7O5S/c27-16-6-4-15(5-7-16)22-36-39(24(43)38(22)12-19(41)26(31,32)33)13-20-34-14-40(35-20)21-17(2-1-3-18(21)25(28,29)30)23(42)37-8-10-46(44,45)11-9-37/h1-7,14,19,41,44-45H,8-13H2/t19-/m0/s1. The second kappa shape index (κ2) is 12.4. The minimum absolute atomic E-state index is 0.107. The smallest absolute Gasteiger partial charge is 0.382 e. The lowest BCUT2D eigenvalue weighted by Crippen LogP contribution is -2.42. The van der Waals surface area contributed by atoms with Gasteiger partial charge in [-0.25, -0.2) is 19.1 Å². The number of halogens is 7. The Morgan fingerprint density at radius 2 is 1.65 bits per heavy atom. The van der Waals surface area contributed by atoms with E-state index in [1.54, 1.807) is 0 Å². The van der Waals surface area contributed by atoms with Crippen molar-refractivity contribution in [3.8, 4) is 17.1 Å². The predicted octanol–water partition coefficient (Wildman–Crippen LogP) is 4.14. The largest absolute Gasteiger partial charge is 0.418 e. The first-order valence-corrected chi connectivity index (χ1v) is 15.5. The molecule has 4 aromatic rings. The van der Waals surface area contributed by atoms with Crippen LogP contribution in [0.1, 0.15) is 21.7 Å². The summed E-state index contributed by atoms with van der Waals surface area (Å²) < 4.78 is 104. The molecule has 1 atom stereocenters. The number of aliphatic hydroxyl groups excluding tert-OH is 1. The van der Waals surface area contributed by atoms with Crippen molar-refractivity contribution in [1.29, 1.82) is 0 Å². The average Bonchev–Trinajstić information content (AvgIpc) is 3.56. The summed E-state index contributed by atoms with van der Waals surface area (Å²) in [5.41, 5.74) is -3.24. The Morgan fingerprint density at radius 1 is 1.00 bits per heavy atom. The molecular weight excluding hydrogens is 672 g/mol. The van der Waals surface area contributed by atoms with E-state index in [9.17, 15) is 50.1 Å². The Labute approximate surface area is 261 Å². The number of alkyl halides is 6. The van der Waals surface area contributed by atoms with E-state index in [2.05, 4.69) is 15.2 Å². The second-order valence-electron chi connectivity index (χ2n) is 10.2. The van der Waals surface area contributed by atoms with Gasteiger partial charge in [-0.3, -0.25) is 18.5 Å². The zero-order chi connectivity index (χ0) is 33.6. The molecule has 3 heterocycles. The Kier molecular flexibility index (Phi) is 8.99. The Morgan fingerprint density at radius 3 is 2.26 bits per heavy atom. The third-order valence-corrected chi connectivity index (χ3v) is 8.98. The molecule has 1 aliphatic rings. The lowest BCUT2D eigenvalue weighted by atomic mass is 10.0. The molecule has 2 aromatic carbocycles. The molecule has 0 aliphatic carbocycles. The molecule has 0 unspecified atom stereocenters. The third kappa shape index (κ3) is 7.07. The van der Waals surface area contributed by atoms with Gasteiger partial charge in [0.2, 0.25) is 0 Å². The van der Waals surface area contributed by atoms with Crippen LogP contribution in [-0.4, -0.2) is 91.0 Å². The van der Waals surface area contributed by atoms with Gasteiger partial charge in [0.1, 0.15) is 12.9 Å². The lowest BCUT2D eigenvalue weighted by Gasteiger charge is -2.41. The van der Waals surface area contributed by atoms with E-state index in [0.29, 0.717) is 13.9 Å². The molecule has 1 fully saturated rings. The van der Waals surface area contributed by atoms with Crippen molar-refractivity contribution >= 4 is 28.1 Å². The van der Waals surface area contributed by atoms with Gasteiger partial charge in [-0.2, -0.15) is 36.9 Å². The van der Waals surface area contributed by atoms with Crippen molar-refractivity contribution in [2.75, 3.05) is 24.6 Å². The van der Waals surface area contributed by atoms with Gasteiger partial charge in [0.05, 0.1) is 34.9 Å². The van der Waals surface area contributed by atoms with E-state index in [4.69, 9.17) is 11.6 Å². The van der Waals surface area contributed by atoms with Gasteiger partial charge in [0.15, 0.2) is 17.8 Å². The molecule has 0 radical (unpaired) electrons. The van der Waals surface area contributed by atoms with Crippen LogP contribution in [-0.2, 0) is 19.3 Å². The maximum atomic E-state index is 14.1. The number of hydrogen-bond acceptors (Lipinski definition) is 8. The van der Waals surface area contributed by atoms with Crippen LogP contribution in [0.3, 0.4) is 0 Å². The summed E-state index contributed by atoms with van der Waals surface area (Å²) in [4.78, 5) is 31.7. The maximum Gasteiger partial charge on any atom is 0.418 e. The normalized spacial score (nSPS) is 16.8. The number of carbonyl (C=O) groups excluding carboxylic acids is 1. The summed E-state index contributed by atoms with van der Waals surface area (Å²) in [7, 11) is -2.90. The van der Waals surface area contributed by atoms with Gasteiger partial charge in [-0.1, -0.05) is 17.7 Å². The summed E-state index contributed by atoms with van der Waals surface area (Å²) in [6.07, 6.45) is -12.1. The van der Waals surface area contributed by atoms with Crippen LogP contribution < -0.4 is 5.69 Å². The second-order valence-corrected chi connectivity index (χ2v) is 13.1. The molecule has 12 nitrogen and oxygen atoms in total. The summed E-state index contributed by atoms with van der Waals surface area (Å²) in [5, 5.41) is 18.1. The van der Waals surface area contributed by atoms with E-state index in [0.717, 1.165) is 24.5 Å². The van der Waals surface area contributed by atoms with Crippen LogP contribution in [0.2, 0.25) is 5.02 Å². The Balaban J connectivity index is 1.52. The fraction of sp³-hybridized carbons (Fsp3) is 0.346. The number of para-hydroxylation sites is 1. The van der Waals surface area contributed by atoms with Gasteiger partial charge < -0.3 is 10.0 Å². The highest BCUT2D eigenvalue weighted by atomic mass is 35.5. The van der Waals surface area contributed by atoms with Crippen molar-refractivity contribution in [2.45, 2.75) is 31.5 Å². The first-order chi connectivity index (χ1) is 21.4. The number of aromatic nitrogens is 6. The molecular formula is C26H24ClF6N7O5S. The Hall–Kier alpha value is -3.91. The fourth-order valence-electron chi connectivity index (χ4n) is 4.70. The lowest BCUT2D eigenvalue weighted by molar-refractivity contribution is -0.207. The zero-order valence-corrected chi connectivity index (χ0v) is 24.9. The molecule has 0 bridgehead atoms. The van der Waals surface area contributed by atoms with Crippen molar-refractivity contribution < 1.29 is 45.3 Å². The van der Waals surface area contributed by atoms with E-state index < -0.39 is 70.5 Å². The number of rotatable bonds is 7. The molecule has 1 aliphatic heterocycles. The number of amides is 1. The minimum Gasteiger partial charge on any atom is -0.382 e. The molecule has 3 N–H and O–H groups in total. The molecule has 248 valence electrons. The number of aliphatic hydroxyl groups is 1. The summed E-state index contributed by atoms with van der Waals surface area (Å²) in [6.45, 7) is -2.03. The first-order valence-electron chi connectivity index (χ1n) is 13.3. The monoisotopic (exact) mass is 695 g/mol. The predicted molar refractivity (Wildman–Crippen MR) is 153 cm³/mol. The summed E-state index contributed by atoms with van der Waals surface area (Å²) >= 11 is 5.89. The number of hydrogen-bond donors (Lipinski definition) is 3. The highest BCUT2D eigenvalue weighted by Crippen LogP contribution is 2.41. The third-order valence-electron chi connectivity index (χ3n) is 7.05. The van der Waals surface area contributed by atoms with Crippen LogP contribution in [0.25, 0.3) is 17.1 Å². The number of carbonyl (C=O) groups is 1. The summed E-state index contributed by atoms with van der Waals surface area (Å²) in [5.74, 6) is -1.65. The quantitative estimate of drug-likeness (QED) is 0.244. The topological polar surface area (TPSA) is 152 Å². The molecule has 2 aromatic heterocycles. The van der Waals surface area contributed by atoms with Gasteiger partial charge in [0.25, 0.3) is 5.91 Å². The van der Waals surface area contributed by atoms with Crippen LogP contribution in [0, 0.1) is 0 Å². The highest BCUT2D eigenvalue weighted by molar-refractivity contribution is 8.24. The first kappa shape index (κ1) is 33.5. The van der Waals surface area contributed by atoms with Crippen molar-refractivity contribution in [3.05, 3.63) is 81.3 Å². The molecule has 1 saturated heterocycles. The molecule has 1 amide bonds. The van der Waals surface area contributed by atoms with Crippen LogP contribution >= 0.6 is 22.2 Å². The van der Waals surface area contributed by atoms with Crippen molar-refractivity contribution in [2.24, 2.45) is 0 Å². The number of benzene rings is 2. The van der Waals surface area contributed by atoms with Crippen molar-refractivity contribution in [3.63, 3.8) is 0 Å². The van der Waals surface area contributed by atoms with E-state index in [1.807, 2.05) is 0 Å². The van der Waals surface area contributed by atoms with E-state index >= 15 is 0 Å². The fourth-order valence-corrected chi connectivity index (χ4v) is 6.06. The van der Waals surface area contributed by atoms with E-state index in [-0.39, 0.29) is 46.8 Å². The summed E-state index contributed by atoms with van der Waals surface area (Å²) in [6, 6.07) is 8.49. The van der Waals surface area contributed by atoms with Crippen LogP contribution in [0.5, 0.6) is 0 Å². The van der Waals surface area contributed by atoms with Gasteiger partial charge in [-0.05, 0) is 36.4 Å². The van der Waals surface area contributed by atoms with Gasteiger partial charge >= 0.3 is 18.0 Å². The number of nitrogens with zero attached hydrogens (tertiary/aromatic N) is 7. The molecule has 0 spiro atoms. The highest BCUT2D eigenvalue weighted by Gasteiger charge is 2.40. The Bertz CT molecular complexity index is 1800. The molecule has 0 saturated carbocycles. The van der Waals surface area contributed by atoms with Crippen LogP contribution in [0.4, 0.5) is 26.3 Å². The molecule has 5 rings (SSSR count).